The van der Waals surface area contributed by atoms with Gasteiger partial charge in [-0.05, 0) is 57.4 Å². The fourth-order valence-electron chi connectivity index (χ4n) is 2.87. The summed E-state index contributed by atoms with van der Waals surface area (Å²) < 4.78 is 51.2. The fourth-order valence-corrected chi connectivity index (χ4v) is 2.87. The number of hydrogen-bond donors (Lipinski definition) is 2. The highest BCUT2D eigenvalue weighted by atomic mass is 19.4. The minimum atomic E-state index is -4.57. The van der Waals surface area contributed by atoms with E-state index in [1.54, 1.807) is 24.3 Å². The quantitative estimate of drug-likeness (QED) is 0.730. The van der Waals surface area contributed by atoms with Gasteiger partial charge >= 0.3 is 19.3 Å². The van der Waals surface area contributed by atoms with Crippen LogP contribution in [0.5, 0.6) is 0 Å². The highest BCUT2D eigenvalue weighted by molar-refractivity contribution is 6.62. The van der Waals surface area contributed by atoms with Gasteiger partial charge in [0.25, 0.3) is 0 Å². The number of urea groups is 1. The van der Waals surface area contributed by atoms with E-state index in [1.807, 2.05) is 27.7 Å². The van der Waals surface area contributed by atoms with Crippen LogP contribution in [0.1, 0.15) is 33.3 Å². The summed E-state index contributed by atoms with van der Waals surface area (Å²) in [6, 6.07) is 10.8. The molecule has 29 heavy (non-hydrogen) atoms. The molecule has 2 aromatic carbocycles. The number of amides is 2. The van der Waals surface area contributed by atoms with Gasteiger partial charge in [0.2, 0.25) is 0 Å². The van der Waals surface area contributed by atoms with Gasteiger partial charge in [0, 0.05) is 5.69 Å². The van der Waals surface area contributed by atoms with E-state index in [-0.39, 0.29) is 5.69 Å². The number of hydrogen-bond acceptors (Lipinski definition) is 3. The number of para-hydroxylation sites is 1. The van der Waals surface area contributed by atoms with Crippen LogP contribution in [0, 0.1) is 0 Å². The lowest BCUT2D eigenvalue weighted by atomic mass is 9.79. The number of nitrogens with one attached hydrogen (secondary N) is 2. The number of carbonyl (C=O) groups is 1. The largest absolute Gasteiger partial charge is 0.494 e. The molecule has 0 spiro atoms. The van der Waals surface area contributed by atoms with E-state index < -0.39 is 36.1 Å². The van der Waals surface area contributed by atoms with Crippen molar-refractivity contribution in [1.82, 2.24) is 0 Å². The molecule has 2 N–H and O–H groups in total. The number of rotatable bonds is 3. The van der Waals surface area contributed by atoms with Gasteiger partial charge in [-0.1, -0.05) is 24.3 Å². The summed E-state index contributed by atoms with van der Waals surface area (Å²) in [5.41, 5.74) is -1.17. The molecule has 1 saturated heterocycles. The molecule has 9 heteroatoms. The smallest absolute Gasteiger partial charge is 0.399 e. The Bertz CT molecular complexity index is 900. The van der Waals surface area contributed by atoms with Crippen LogP contribution in [0.25, 0.3) is 0 Å². The Hall–Kier alpha value is -2.52. The topological polar surface area (TPSA) is 59.6 Å². The summed E-state index contributed by atoms with van der Waals surface area (Å²) in [4.78, 5) is 12.2. The van der Waals surface area contributed by atoms with E-state index >= 15 is 0 Å². The summed E-state index contributed by atoms with van der Waals surface area (Å²) in [7, 11) is -0.615. The average Bonchev–Trinajstić information content (AvgIpc) is 2.82. The van der Waals surface area contributed by atoms with Gasteiger partial charge in [-0.3, -0.25) is 0 Å². The highest BCUT2D eigenvalue weighted by Crippen LogP contribution is 2.37. The fraction of sp³-hybridized carbons (Fsp3) is 0.350. The first kappa shape index (κ1) is 21.2. The molecule has 0 aliphatic carbocycles. The summed E-state index contributed by atoms with van der Waals surface area (Å²) >= 11 is 0. The minimum Gasteiger partial charge on any atom is -0.399 e. The molecule has 0 saturated carbocycles. The molecule has 1 fully saturated rings. The van der Waals surface area contributed by atoms with Crippen molar-refractivity contribution in [3.8, 4) is 0 Å². The second-order valence-corrected chi connectivity index (χ2v) is 7.84. The van der Waals surface area contributed by atoms with Gasteiger partial charge in [0.1, 0.15) is 0 Å². The van der Waals surface area contributed by atoms with Gasteiger partial charge < -0.3 is 19.9 Å². The third-order valence-electron chi connectivity index (χ3n) is 5.15. The lowest BCUT2D eigenvalue weighted by molar-refractivity contribution is -0.136. The molecule has 3 rings (SSSR count). The molecular weight excluding hydrogens is 384 g/mol. The summed E-state index contributed by atoms with van der Waals surface area (Å²) in [5, 5.41) is 4.79. The second kappa shape index (κ2) is 7.38. The zero-order valence-corrected chi connectivity index (χ0v) is 16.6. The van der Waals surface area contributed by atoms with Crippen LogP contribution in [0.4, 0.5) is 29.3 Å². The van der Waals surface area contributed by atoms with Crippen molar-refractivity contribution in [1.29, 1.82) is 0 Å². The molecule has 5 nitrogen and oxygen atoms in total. The minimum absolute atomic E-state index is 0.320. The molecule has 1 aliphatic rings. The van der Waals surface area contributed by atoms with Gasteiger partial charge in [-0.25, -0.2) is 4.79 Å². The predicted octanol–water partition coefficient (Wildman–Crippen LogP) is 4.65. The Labute approximate surface area is 167 Å². The van der Waals surface area contributed by atoms with E-state index in [0.717, 1.165) is 6.07 Å². The molecule has 0 aromatic heterocycles. The van der Waals surface area contributed by atoms with Crippen LogP contribution in [-0.2, 0) is 15.5 Å². The van der Waals surface area contributed by atoms with Crippen LogP contribution in [0.15, 0.2) is 48.5 Å². The van der Waals surface area contributed by atoms with E-state index in [4.69, 9.17) is 9.31 Å². The van der Waals surface area contributed by atoms with Crippen LogP contribution in [0.2, 0.25) is 0 Å². The summed E-state index contributed by atoms with van der Waals surface area (Å²) in [6.07, 6.45) is -4.57. The maximum Gasteiger partial charge on any atom is 0.494 e. The van der Waals surface area contributed by atoms with Crippen molar-refractivity contribution in [3.63, 3.8) is 0 Å². The first-order chi connectivity index (χ1) is 13.4. The van der Waals surface area contributed by atoms with Crippen LogP contribution in [-0.4, -0.2) is 24.4 Å². The maximum atomic E-state index is 13.1. The zero-order valence-electron chi connectivity index (χ0n) is 16.6. The molecule has 2 aromatic rings. The predicted molar refractivity (Wildman–Crippen MR) is 106 cm³/mol. The normalized spacial score (nSPS) is 17.8. The third kappa shape index (κ3) is 4.57. The molecule has 0 radical (unpaired) electrons. The first-order valence-electron chi connectivity index (χ1n) is 9.09. The van der Waals surface area contributed by atoms with Crippen molar-refractivity contribution in [2.24, 2.45) is 0 Å². The van der Waals surface area contributed by atoms with E-state index in [0.29, 0.717) is 11.2 Å². The van der Waals surface area contributed by atoms with Gasteiger partial charge in [0.15, 0.2) is 0 Å². The van der Waals surface area contributed by atoms with E-state index in [2.05, 4.69) is 10.6 Å². The molecule has 2 amide bonds. The molecule has 0 unspecified atom stereocenters. The zero-order chi connectivity index (χ0) is 21.4. The molecular formula is C20H22BF3N2O3. The SMILES string of the molecule is CC1(C)OB(c2cccc(NC(=O)Nc3ccccc3C(F)(F)F)c2)OC1(C)C. The van der Waals surface area contributed by atoms with Crippen molar-refractivity contribution in [2.75, 3.05) is 10.6 Å². The monoisotopic (exact) mass is 406 g/mol. The Balaban J connectivity index is 1.73. The first-order valence-corrected chi connectivity index (χ1v) is 9.09. The van der Waals surface area contributed by atoms with Crippen molar-refractivity contribution >= 4 is 30.0 Å². The van der Waals surface area contributed by atoms with Crippen LogP contribution < -0.4 is 16.1 Å². The van der Waals surface area contributed by atoms with Gasteiger partial charge in [0.05, 0.1) is 22.5 Å². The third-order valence-corrected chi connectivity index (χ3v) is 5.15. The van der Waals surface area contributed by atoms with Crippen LogP contribution >= 0.6 is 0 Å². The Morgan fingerprint density at radius 2 is 1.55 bits per heavy atom. The van der Waals surface area contributed by atoms with Gasteiger partial charge in [-0.15, -0.1) is 0 Å². The Kier molecular flexibility index (Phi) is 5.40. The standard InChI is InChI=1S/C20H22BF3N2O3/c1-18(2)19(3,4)29-21(28-18)13-8-7-9-14(12-13)25-17(27)26-16-11-6-5-10-15(16)20(22,23)24/h5-12H,1-4H3,(H2,25,26,27). The van der Waals surface area contributed by atoms with E-state index in [9.17, 15) is 18.0 Å². The Morgan fingerprint density at radius 3 is 2.17 bits per heavy atom. The average molecular weight is 406 g/mol. The molecule has 0 atom stereocenters. The molecule has 154 valence electrons. The lowest BCUT2D eigenvalue weighted by Crippen LogP contribution is -2.41. The molecule has 1 aliphatic heterocycles. The maximum absolute atomic E-state index is 13.1. The van der Waals surface area contributed by atoms with Gasteiger partial charge in [-0.2, -0.15) is 13.2 Å². The number of alkyl halides is 3. The second-order valence-electron chi connectivity index (χ2n) is 7.84. The van der Waals surface area contributed by atoms with Crippen molar-refractivity contribution in [2.45, 2.75) is 45.1 Å². The summed E-state index contributed by atoms with van der Waals surface area (Å²) in [5.74, 6) is 0. The lowest BCUT2D eigenvalue weighted by Gasteiger charge is -2.32. The highest BCUT2D eigenvalue weighted by Gasteiger charge is 2.51. The number of carbonyl (C=O) groups excluding carboxylic acids is 1. The molecule has 0 bridgehead atoms. The Morgan fingerprint density at radius 1 is 0.931 bits per heavy atom. The van der Waals surface area contributed by atoms with E-state index in [1.165, 1.54) is 18.2 Å². The van der Waals surface area contributed by atoms with Crippen molar-refractivity contribution in [3.05, 3.63) is 54.1 Å². The number of anilines is 2. The van der Waals surface area contributed by atoms with Crippen LogP contribution in [0.3, 0.4) is 0 Å². The molecule has 1 heterocycles. The summed E-state index contributed by atoms with van der Waals surface area (Å²) in [6.45, 7) is 7.72. The van der Waals surface area contributed by atoms with Crippen molar-refractivity contribution < 1.29 is 27.3 Å². The number of halogens is 3. The number of benzene rings is 2.